The maximum Gasteiger partial charge on any atom is 0.221 e. The van der Waals surface area contributed by atoms with Gasteiger partial charge in [0.15, 0.2) is 0 Å². The van der Waals surface area contributed by atoms with E-state index in [2.05, 4.69) is 68.5 Å². The van der Waals surface area contributed by atoms with Gasteiger partial charge >= 0.3 is 0 Å². The Balaban J connectivity index is 1.64. The Labute approximate surface area is 183 Å². The second kappa shape index (κ2) is 6.49. The minimum absolute atomic E-state index is 0.838. The molecule has 7 aromatic rings. The zero-order chi connectivity index (χ0) is 21.1. The Kier molecular flexibility index (Phi) is 3.49. The van der Waals surface area contributed by atoms with E-state index in [1.54, 1.807) is 12.4 Å². The summed E-state index contributed by atoms with van der Waals surface area (Å²) in [6.45, 7) is 0. The van der Waals surface area contributed by atoms with E-state index in [-0.39, 0.29) is 0 Å². The molecular weight excluding hydrogens is 394 g/mol. The van der Waals surface area contributed by atoms with Crippen molar-refractivity contribution in [3.05, 3.63) is 103 Å². The fraction of sp³-hybridized carbons (Fsp3) is 0. The fourth-order valence-corrected chi connectivity index (χ4v) is 4.61. The predicted molar refractivity (Wildman–Crippen MR) is 128 cm³/mol. The SMILES string of the molecule is c1cc(-c2ccncc2)nc(-n2c3ccc4ccccc4c3n3c4ccccc4nc23)c1. The van der Waals surface area contributed by atoms with Crippen molar-refractivity contribution in [2.24, 2.45) is 0 Å². The van der Waals surface area contributed by atoms with Crippen molar-refractivity contribution in [1.82, 2.24) is 23.9 Å². The van der Waals surface area contributed by atoms with Gasteiger partial charge in [-0.15, -0.1) is 0 Å². The molecule has 0 saturated heterocycles. The number of benzene rings is 3. The topological polar surface area (TPSA) is 48.0 Å². The molecule has 0 saturated carbocycles. The number of aromatic nitrogens is 5. The third-order valence-electron chi connectivity index (χ3n) is 6.03. The first-order valence-corrected chi connectivity index (χ1v) is 10.6. The van der Waals surface area contributed by atoms with E-state index in [4.69, 9.17) is 9.97 Å². The van der Waals surface area contributed by atoms with Crippen LogP contribution in [0.5, 0.6) is 0 Å². The van der Waals surface area contributed by atoms with Gasteiger partial charge in [0.2, 0.25) is 5.78 Å². The van der Waals surface area contributed by atoms with Crippen LogP contribution in [0.15, 0.2) is 103 Å². The van der Waals surface area contributed by atoms with Gasteiger partial charge < -0.3 is 0 Å². The first kappa shape index (κ1) is 17.2. The molecular formula is C27H17N5. The van der Waals surface area contributed by atoms with Crippen LogP contribution in [0.1, 0.15) is 0 Å². The number of pyridine rings is 2. The van der Waals surface area contributed by atoms with Crippen LogP contribution in [0.25, 0.3) is 55.7 Å². The highest BCUT2D eigenvalue weighted by Gasteiger charge is 2.19. The highest BCUT2D eigenvalue weighted by atomic mass is 15.2. The number of hydrogen-bond donors (Lipinski definition) is 0. The van der Waals surface area contributed by atoms with E-state index in [1.807, 2.05) is 36.4 Å². The average molecular weight is 411 g/mol. The fourth-order valence-electron chi connectivity index (χ4n) is 4.61. The lowest BCUT2D eigenvalue weighted by molar-refractivity contribution is 1.04. The molecule has 7 rings (SSSR count). The molecule has 0 unspecified atom stereocenters. The largest absolute Gasteiger partial charge is 0.275 e. The quantitative estimate of drug-likeness (QED) is 0.348. The van der Waals surface area contributed by atoms with Crippen molar-refractivity contribution in [1.29, 1.82) is 0 Å². The van der Waals surface area contributed by atoms with Gasteiger partial charge in [0.25, 0.3) is 0 Å². The van der Waals surface area contributed by atoms with E-state index in [0.717, 1.165) is 44.9 Å². The van der Waals surface area contributed by atoms with Gasteiger partial charge in [-0.2, -0.15) is 0 Å². The maximum atomic E-state index is 5.02. The lowest BCUT2D eigenvalue weighted by atomic mass is 10.1. The van der Waals surface area contributed by atoms with Gasteiger partial charge in [-0.25, -0.2) is 9.97 Å². The molecule has 150 valence electrons. The standard InChI is InChI=1S/C27H17N5/c1-2-7-20-18(6-1)12-13-24-26(20)32-23-10-4-3-8-22(23)30-27(32)31(24)25-11-5-9-21(29-25)19-14-16-28-17-15-19/h1-17H. The van der Waals surface area contributed by atoms with E-state index >= 15 is 0 Å². The highest BCUT2D eigenvalue weighted by molar-refractivity contribution is 6.08. The summed E-state index contributed by atoms with van der Waals surface area (Å²) in [7, 11) is 0. The summed E-state index contributed by atoms with van der Waals surface area (Å²) in [4.78, 5) is 14.2. The Morgan fingerprint density at radius 1 is 0.625 bits per heavy atom. The number of para-hydroxylation sites is 2. The zero-order valence-electron chi connectivity index (χ0n) is 17.1. The molecule has 0 aliphatic carbocycles. The molecule has 4 heterocycles. The average Bonchev–Trinajstić information content (AvgIpc) is 3.39. The number of hydrogen-bond acceptors (Lipinski definition) is 3. The van der Waals surface area contributed by atoms with Crippen molar-refractivity contribution >= 4 is 38.6 Å². The van der Waals surface area contributed by atoms with Gasteiger partial charge in [0.05, 0.1) is 27.8 Å². The third-order valence-corrected chi connectivity index (χ3v) is 6.03. The molecule has 0 atom stereocenters. The number of fused-ring (bicyclic) bond motifs is 7. The molecule has 0 spiro atoms. The van der Waals surface area contributed by atoms with Crippen molar-refractivity contribution in [2.75, 3.05) is 0 Å². The molecule has 0 amide bonds. The number of imidazole rings is 2. The molecule has 0 aliphatic heterocycles. The van der Waals surface area contributed by atoms with Gasteiger partial charge in [-0.1, -0.05) is 48.5 Å². The van der Waals surface area contributed by atoms with E-state index in [9.17, 15) is 0 Å². The first-order valence-electron chi connectivity index (χ1n) is 10.6. The lowest BCUT2D eigenvalue weighted by Gasteiger charge is -2.08. The maximum absolute atomic E-state index is 5.02. The van der Waals surface area contributed by atoms with Gasteiger partial charge in [-0.3, -0.25) is 14.0 Å². The smallest absolute Gasteiger partial charge is 0.221 e. The summed E-state index contributed by atoms with van der Waals surface area (Å²) >= 11 is 0. The van der Waals surface area contributed by atoms with Crippen LogP contribution in [0.3, 0.4) is 0 Å². The van der Waals surface area contributed by atoms with Crippen LogP contribution >= 0.6 is 0 Å². The zero-order valence-corrected chi connectivity index (χ0v) is 17.1. The van der Waals surface area contributed by atoms with Crippen LogP contribution in [0.4, 0.5) is 0 Å². The van der Waals surface area contributed by atoms with E-state index < -0.39 is 0 Å². The molecule has 4 aromatic heterocycles. The minimum Gasteiger partial charge on any atom is -0.275 e. The van der Waals surface area contributed by atoms with Crippen molar-refractivity contribution in [2.45, 2.75) is 0 Å². The predicted octanol–water partition coefficient (Wildman–Crippen LogP) is 6.04. The van der Waals surface area contributed by atoms with Crippen molar-refractivity contribution < 1.29 is 0 Å². The Bertz CT molecular complexity index is 1780. The molecule has 3 aromatic carbocycles. The minimum atomic E-state index is 0.838. The van der Waals surface area contributed by atoms with Gasteiger partial charge in [0, 0.05) is 23.3 Å². The lowest BCUT2D eigenvalue weighted by Crippen LogP contribution is -1.99. The molecule has 0 aliphatic rings. The summed E-state index contributed by atoms with van der Waals surface area (Å²) in [6, 6.07) is 31.2. The Morgan fingerprint density at radius 2 is 1.47 bits per heavy atom. The van der Waals surface area contributed by atoms with Crippen molar-refractivity contribution in [3.8, 4) is 17.1 Å². The normalized spacial score (nSPS) is 11.8. The molecule has 32 heavy (non-hydrogen) atoms. The summed E-state index contributed by atoms with van der Waals surface area (Å²) in [5.41, 5.74) is 6.22. The number of rotatable bonds is 2. The Morgan fingerprint density at radius 3 is 2.41 bits per heavy atom. The molecule has 0 fully saturated rings. The van der Waals surface area contributed by atoms with E-state index in [0.29, 0.717) is 0 Å². The van der Waals surface area contributed by atoms with E-state index in [1.165, 1.54) is 10.8 Å². The first-order chi connectivity index (χ1) is 15.9. The molecule has 5 heteroatoms. The van der Waals surface area contributed by atoms with Crippen LogP contribution in [-0.2, 0) is 0 Å². The summed E-state index contributed by atoms with van der Waals surface area (Å²) in [5.74, 6) is 1.70. The number of nitrogens with zero attached hydrogens (tertiary/aromatic N) is 5. The monoisotopic (exact) mass is 411 g/mol. The van der Waals surface area contributed by atoms with Crippen LogP contribution < -0.4 is 0 Å². The molecule has 0 N–H and O–H groups in total. The molecule has 0 bridgehead atoms. The summed E-state index contributed by atoms with van der Waals surface area (Å²) < 4.78 is 4.42. The Hall–Kier alpha value is -4.51. The van der Waals surface area contributed by atoms with Crippen LogP contribution in [0.2, 0.25) is 0 Å². The van der Waals surface area contributed by atoms with Gasteiger partial charge in [-0.05, 0) is 47.9 Å². The van der Waals surface area contributed by atoms with Crippen LogP contribution in [0, 0.1) is 0 Å². The van der Waals surface area contributed by atoms with Crippen molar-refractivity contribution in [3.63, 3.8) is 0 Å². The second-order valence-corrected chi connectivity index (χ2v) is 7.84. The molecule has 5 nitrogen and oxygen atoms in total. The third kappa shape index (κ3) is 2.36. The second-order valence-electron chi connectivity index (χ2n) is 7.84. The summed E-state index contributed by atoms with van der Waals surface area (Å²) in [5, 5.41) is 2.40. The van der Waals surface area contributed by atoms with Gasteiger partial charge in [0.1, 0.15) is 5.82 Å². The highest BCUT2D eigenvalue weighted by Crippen LogP contribution is 2.33. The summed E-state index contributed by atoms with van der Waals surface area (Å²) in [6.07, 6.45) is 3.58. The van der Waals surface area contributed by atoms with Crippen LogP contribution in [-0.4, -0.2) is 23.9 Å². The molecule has 0 radical (unpaired) electrons.